The molecule has 1 saturated heterocycles. The number of hydrogen-bond donors (Lipinski definition) is 3. The van der Waals surface area contributed by atoms with Crippen molar-refractivity contribution in [2.45, 2.75) is 25.3 Å². The molecular formula is C19H22N4O4. The summed E-state index contributed by atoms with van der Waals surface area (Å²) in [4.78, 5) is 38.4. The summed E-state index contributed by atoms with van der Waals surface area (Å²) >= 11 is 0. The molecule has 1 atom stereocenters. The smallest absolute Gasteiger partial charge is 0.318 e. The van der Waals surface area contributed by atoms with E-state index in [1.165, 1.54) is 13.3 Å². The Morgan fingerprint density at radius 1 is 1.07 bits per heavy atom. The first kappa shape index (κ1) is 18.5. The molecule has 1 aromatic carbocycles. The van der Waals surface area contributed by atoms with E-state index in [2.05, 4.69) is 16.0 Å². The van der Waals surface area contributed by atoms with Gasteiger partial charge in [0.2, 0.25) is 5.91 Å². The van der Waals surface area contributed by atoms with Gasteiger partial charge >= 0.3 is 6.03 Å². The Balaban J connectivity index is 1.71. The number of amides is 4. The van der Waals surface area contributed by atoms with E-state index in [0.29, 0.717) is 24.3 Å². The Labute approximate surface area is 156 Å². The van der Waals surface area contributed by atoms with Crippen LogP contribution in [0.25, 0.3) is 0 Å². The highest BCUT2D eigenvalue weighted by Gasteiger charge is 2.33. The van der Waals surface area contributed by atoms with Gasteiger partial charge in [0.15, 0.2) is 5.76 Å². The van der Waals surface area contributed by atoms with Crippen LogP contribution in [0.15, 0.2) is 47.1 Å². The lowest BCUT2D eigenvalue weighted by molar-refractivity contribution is -0.121. The van der Waals surface area contributed by atoms with E-state index in [0.717, 1.165) is 12.8 Å². The molecule has 0 aliphatic carbocycles. The Morgan fingerprint density at radius 2 is 1.85 bits per heavy atom. The minimum atomic E-state index is -0.563. The van der Waals surface area contributed by atoms with Crippen molar-refractivity contribution in [1.82, 2.24) is 10.2 Å². The van der Waals surface area contributed by atoms with E-state index in [-0.39, 0.29) is 23.6 Å². The zero-order chi connectivity index (χ0) is 19.2. The number of nitrogens with one attached hydrogen (secondary N) is 3. The van der Waals surface area contributed by atoms with Gasteiger partial charge in [0.05, 0.1) is 6.26 Å². The van der Waals surface area contributed by atoms with Crippen molar-refractivity contribution in [2.75, 3.05) is 24.2 Å². The predicted octanol–water partition coefficient (Wildman–Crippen LogP) is 2.66. The Morgan fingerprint density at radius 3 is 2.56 bits per heavy atom. The van der Waals surface area contributed by atoms with E-state index in [9.17, 15) is 14.4 Å². The number of anilines is 2. The summed E-state index contributed by atoms with van der Waals surface area (Å²) in [5, 5.41) is 7.96. The van der Waals surface area contributed by atoms with Crippen LogP contribution in [0.5, 0.6) is 0 Å². The topological polar surface area (TPSA) is 104 Å². The number of carbonyl (C=O) groups is 3. The van der Waals surface area contributed by atoms with Crippen molar-refractivity contribution >= 4 is 29.2 Å². The Hall–Kier alpha value is -3.29. The summed E-state index contributed by atoms with van der Waals surface area (Å²) in [6.45, 7) is 0.510. The van der Waals surface area contributed by atoms with E-state index in [1.54, 1.807) is 41.3 Å². The molecule has 3 N–H and O–H groups in total. The van der Waals surface area contributed by atoms with Crippen LogP contribution in [0.2, 0.25) is 0 Å². The minimum absolute atomic E-state index is 0.228. The van der Waals surface area contributed by atoms with Gasteiger partial charge in [0.1, 0.15) is 6.04 Å². The number of rotatable bonds is 4. The number of furan rings is 1. The van der Waals surface area contributed by atoms with Gasteiger partial charge in [-0.3, -0.25) is 9.59 Å². The van der Waals surface area contributed by atoms with E-state index in [4.69, 9.17) is 4.42 Å². The zero-order valence-electron chi connectivity index (χ0n) is 15.0. The molecule has 1 aliphatic heterocycles. The van der Waals surface area contributed by atoms with Crippen molar-refractivity contribution in [3.05, 3.63) is 48.4 Å². The number of hydrogen-bond acceptors (Lipinski definition) is 4. The first-order valence-electron chi connectivity index (χ1n) is 8.82. The van der Waals surface area contributed by atoms with Crippen molar-refractivity contribution in [3.63, 3.8) is 0 Å². The maximum absolute atomic E-state index is 12.8. The van der Waals surface area contributed by atoms with Crippen LogP contribution < -0.4 is 16.0 Å². The fourth-order valence-electron chi connectivity index (χ4n) is 3.08. The molecule has 2 aromatic rings. The standard InChI is InChI=1S/C19H22N4O4/c1-20-19(26)22-14-7-4-6-13(12-14)21-17(24)15-8-2-3-10-23(15)18(25)16-9-5-11-27-16/h4-7,9,11-12,15H,2-3,8,10H2,1H3,(H,21,24)(H2,20,22,26). The number of urea groups is 1. The number of nitrogens with zero attached hydrogens (tertiary/aromatic N) is 1. The first-order valence-corrected chi connectivity index (χ1v) is 8.82. The maximum atomic E-state index is 12.8. The normalized spacial score (nSPS) is 16.5. The van der Waals surface area contributed by atoms with Crippen LogP contribution in [-0.2, 0) is 4.79 Å². The highest BCUT2D eigenvalue weighted by atomic mass is 16.3. The average Bonchev–Trinajstić information content (AvgIpc) is 3.22. The minimum Gasteiger partial charge on any atom is -0.459 e. The third-order valence-electron chi connectivity index (χ3n) is 4.41. The summed E-state index contributed by atoms with van der Waals surface area (Å²) in [6, 6.07) is 9.18. The van der Waals surface area contributed by atoms with Crippen molar-refractivity contribution < 1.29 is 18.8 Å². The van der Waals surface area contributed by atoms with Gasteiger partial charge in [-0.1, -0.05) is 6.07 Å². The number of benzene rings is 1. The van der Waals surface area contributed by atoms with Crippen molar-refractivity contribution in [3.8, 4) is 0 Å². The van der Waals surface area contributed by atoms with Gasteiger partial charge in [0.25, 0.3) is 5.91 Å². The van der Waals surface area contributed by atoms with Crippen molar-refractivity contribution in [1.29, 1.82) is 0 Å². The molecule has 1 aliphatic rings. The largest absolute Gasteiger partial charge is 0.459 e. The highest BCUT2D eigenvalue weighted by molar-refractivity contribution is 6.00. The van der Waals surface area contributed by atoms with Crippen molar-refractivity contribution in [2.24, 2.45) is 0 Å². The quantitative estimate of drug-likeness (QED) is 0.770. The second-order valence-electron chi connectivity index (χ2n) is 6.26. The van der Waals surface area contributed by atoms with Crippen LogP contribution in [-0.4, -0.2) is 42.4 Å². The Bertz CT molecular complexity index is 819. The molecule has 4 amide bonds. The van der Waals surface area contributed by atoms with Gasteiger partial charge in [-0.25, -0.2) is 4.79 Å². The van der Waals surface area contributed by atoms with Gasteiger partial charge < -0.3 is 25.3 Å². The van der Waals surface area contributed by atoms with Crippen LogP contribution >= 0.6 is 0 Å². The highest BCUT2D eigenvalue weighted by Crippen LogP contribution is 2.22. The number of piperidine rings is 1. The third kappa shape index (κ3) is 4.46. The van der Waals surface area contributed by atoms with Crippen LogP contribution in [0, 0.1) is 0 Å². The average molecular weight is 370 g/mol. The molecule has 27 heavy (non-hydrogen) atoms. The van der Waals surface area contributed by atoms with Crippen LogP contribution in [0.1, 0.15) is 29.8 Å². The second kappa shape index (κ2) is 8.39. The molecule has 0 radical (unpaired) electrons. The van der Waals surface area contributed by atoms with Gasteiger partial charge in [-0.2, -0.15) is 0 Å². The monoisotopic (exact) mass is 370 g/mol. The van der Waals surface area contributed by atoms with Gasteiger partial charge in [-0.15, -0.1) is 0 Å². The predicted molar refractivity (Wildman–Crippen MR) is 101 cm³/mol. The van der Waals surface area contributed by atoms with E-state index in [1.807, 2.05) is 0 Å². The zero-order valence-corrected chi connectivity index (χ0v) is 15.0. The summed E-state index contributed by atoms with van der Waals surface area (Å²) in [5.74, 6) is -0.312. The SMILES string of the molecule is CNC(=O)Nc1cccc(NC(=O)C2CCCCN2C(=O)c2ccco2)c1. The molecule has 0 bridgehead atoms. The first-order chi connectivity index (χ1) is 13.1. The van der Waals surface area contributed by atoms with Crippen LogP contribution in [0.4, 0.5) is 16.2 Å². The molecule has 3 rings (SSSR count). The maximum Gasteiger partial charge on any atom is 0.318 e. The second-order valence-corrected chi connectivity index (χ2v) is 6.26. The molecule has 0 spiro atoms. The fourth-order valence-corrected chi connectivity index (χ4v) is 3.08. The summed E-state index contributed by atoms with van der Waals surface area (Å²) in [5.41, 5.74) is 1.10. The number of carbonyl (C=O) groups excluding carboxylic acids is 3. The van der Waals surface area contributed by atoms with Gasteiger partial charge in [-0.05, 0) is 49.6 Å². The van der Waals surface area contributed by atoms with E-state index >= 15 is 0 Å². The molecule has 1 aromatic heterocycles. The molecule has 2 heterocycles. The van der Waals surface area contributed by atoms with Gasteiger partial charge in [0, 0.05) is 25.0 Å². The lowest BCUT2D eigenvalue weighted by Crippen LogP contribution is -2.49. The number of likely N-dealkylation sites (tertiary alicyclic amines) is 1. The third-order valence-corrected chi connectivity index (χ3v) is 4.41. The Kier molecular flexibility index (Phi) is 5.75. The summed E-state index contributed by atoms with van der Waals surface area (Å²) in [6.07, 6.45) is 3.76. The molecular weight excluding hydrogens is 348 g/mol. The summed E-state index contributed by atoms with van der Waals surface area (Å²) in [7, 11) is 1.52. The fraction of sp³-hybridized carbons (Fsp3) is 0.316. The van der Waals surface area contributed by atoms with E-state index < -0.39 is 6.04 Å². The molecule has 142 valence electrons. The molecule has 8 nitrogen and oxygen atoms in total. The molecule has 8 heteroatoms. The molecule has 1 fully saturated rings. The van der Waals surface area contributed by atoms with Crippen LogP contribution in [0.3, 0.4) is 0 Å². The summed E-state index contributed by atoms with van der Waals surface area (Å²) < 4.78 is 5.19. The molecule has 1 unspecified atom stereocenters. The lowest BCUT2D eigenvalue weighted by Gasteiger charge is -2.34. The molecule has 0 saturated carbocycles. The lowest BCUT2D eigenvalue weighted by atomic mass is 10.0.